The fourth-order valence-corrected chi connectivity index (χ4v) is 7.95. The Kier molecular flexibility index (Phi) is 9.54. The smallest absolute Gasteiger partial charge is 0.313 e. The molecular weight excluding hydrogens is 638 g/mol. The molecule has 3 aromatic rings. The Morgan fingerprint density at radius 1 is 0.960 bits per heavy atom. The summed E-state index contributed by atoms with van der Waals surface area (Å²) >= 11 is 0. The number of carbonyl (C=O) groups is 4. The molecule has 0 aromatic heterocycles. The largest absolute Gasteiger partial charge is 0.455 e. The molecule has 0 aliphatic carbocycles. The number of amides is 3. The number of allylic oxidation sites excluding steroid dienone is 1. The van der Waals surface area contributed by atoms with Gasteiger partial charge >= 0.3 is 5.97 Å². The standard InChI is InChI=1S/C39H41N3O8/c1-48-24-29-34(26-12-3-2-4-13-26)49-38(47)32-30(15-7-8-16-31(44)40-29)50-39-19-9-20-41(28-18-17-25-11-5-6-14-27(25)23-28)37(46)35(39)42(21-10-22-43)36(45)33(32)39/h2-7,9,11-15,17-19,23,29-30,32-35,43H,8,10,16,20-22,24H2,1H3,(H,40,44)/b15-7-/t29-,30-,32+,33+,34-,35-,39+/m1/s1. The van der Waals surface area contributed by atoms with Crippen LogP contribution in [0.4, 0.5) is 5.69 Å². The first kappa shape index (κ1) is 33.6. The van der Waals surface area contributed by atoms with Crippen molar-refractivity contribution in [3.63, 3.8) is 0 Å². The van der Waals surface area contributed by atoms with Crippen molar-refractivity contribution in [2.24, 2.45) is 11.8 Å². The molecule has 7 atom stereocenters. The van der Waals surface area contributed by atoms with Crippen LogP contribution in [0.25, 0.3) is 10.8 Å². The number of likely N-dealkylation sites (tertiary alicyclic amines) is 1. The zero-order valence-corrected chi connectivity index (χ0v) is 27.9. The number of carbonyl (C=O) groups excluding carboxylic acids is 4. The third-order valence-electron chi connectivity index (χ3n) is 10.2. The third-order valence-corrected chi connectivity index (χ3v) is 10.2. The van der Waals surface area contributed by atoms with Gasteiger partial charge in [-0.15, -0.1) is 0 Å². The maximum Gasteiger partial charge on any atom is 0.313 e. The predicted molar refractivity (Wildman–Crippen MR) is 185 cm³/mol. The van der Waals surface area contributed by atoms with Crippen molar-refractivity contribution in [3.8, 4) is 0 Å². The molecule has 0 bridgehead atoms. The number of fused-ring (bicyclic) bond motifs is 3. The van der Waals surface area contributed by atoms with Gasteiger partial charge in [0.25, 0.3) is 5.91 Å². The second kappa shape index (κ2) is 14.2. The van der Waals surface area contributed by atoms with Gasteiger partial charge in [0.15, 0.2) is 0 Å². The molecule has 2 fully saturated rings. The summed E-state index contributed by atoms with van der Waals surface area (Å²) in [6.07, 6.45) is 6.03. The van der Waals surface area contributed by atoms with Crippen LogP contribution in [0.2, 0.25) is 0 Å². The average Bonchev–Trinajstić information content (AvgIpc) is 3.51. The Bertz CT molecular complexity index is 1830. The third kappa shape index (κ3) is 5.99. The van der Waals surface area contributed by atoms with Crippen LogP contribution in [0, 0.1) is 11.8 Å². The Labute approximate surface area is 290 Å². The summed E-state index contributed by atoms with van der Waals surface area (Å²) in [5.41, 5.74) is -0.169. The summed E-state index contributed by atoms with van der Waals surface area (Å²) in [7, 11) is 1.51. The normalized spacial score (nSPS) is 30.4. The highest BCUT2D eigenvalue weighted by Crippen LogP contribution is 2.53. The number of rotatable bonds is 7. The maximum absolute atomic E-state index is 14.8. The van der Waals surface area contributed by atoms with E-state index in [1.807, 2.05) is 78.9 Å². The van der Waals surface area contributed by atoms with Crippen LogP contribution in [-0.2, 0) is 33.4 Å². The number of anilines is 1. The molecule has 2 N–H and O–H groups in total. The van der Waals surface area contributed by atoms with Crippen LogP contribution in [0.5, 0.6) is 0 Å². The van der Waals surface area contributed by atoms with Crippen molar-refractivity contribution in [2.75, 3.05) is 38.3 Å². The van der Waals surface area contributed by atoms with Gasteiger partial charge in [-0.1, -0.05) is 85.0 Å². The van der Waals surface area contributed by atoms with Gasteiger partial charge in [0.2, 0.25) is 11.8 Å². The Hall–Kier alpha value is -4.84. The minimum Gasteiger partial charge on any atom is -0.455 e. The second-order valence-corrected chi connectivity index (χ2v) is 13.2. The zero-order valence-electron chi connectivity index (χ0n) is 27.9. The Balaban J connectivity index is 1.30. The van der Waals surface area contributed by atoms with E-state index in [1.54, 1.807) is 23.1 Å². The molecule has 4 aliphatic heterocycles. The number of aliphatic hydroxyl groups is 1. The van der Waals surface area contributed by atoms with Gasteiger partial charge in [-0.25, -0.2) is 0 Å². The number of cyclic esters (lactones) is 1. The first-order valence-electron chi connectivity index (χ1n) is 17.1. The van der Waals surface area contributed by atoms with Gasteiger partial charge in [-0.05, 0) is 41.3 Å². The molecule has 0 saturated carbocycles. The maximum atomic E-state index is 14.8. The lowest BCUT2D eigenvalue weighted by molar-refractivity contribution is -0.162. The molecule has 11 heteroatoms. The minimum absolute atomic E-state index is 0.0736. The summed E-state index contributed by atoms with van der Waals surface area (Å²) in [5.74, 6) is -3.85. The Morgan fingerprint density at radius 3 is 2.52 bits per heavy atom. The van der Waals surface area contributed by atoms with Crippen LogP contribution in [0.15, 0.2) is 97.1 Å². The molecule has 4 aliphatic rings. The van der Waals surface area contributed by atoms with Crippen LogP contribution in [0.3, 0.4) is 0 Å². The number of hydrogen-bond donors (Lipinski definition) is 2. The molecule has 3 aromatic carbocycles. The number of nitrogens with zero attached hydrogens (tertiary/aromatic N) is 2. The highest BCUT2D eigenvalue weighted by molar-refractivity contribution is 6.06. The van der Waals surface area contributed by atoms with Gasteiger partial charge in [-0.3, -0.25) is 19.2 Å². The summed E-state index contributed by atoms with van der Waals surface area (Å²) in [6.45, 7) is 0.217. The molecule has 260 valence electrons. The number of hydrogen-bond acceptors (Lipinski definition) is 8. The van der Waals surface area contributed by atoms with Gasteiger partial charge < -0.3 is 34.4 Å². The molecule has 1 spiro atoms. The van der Waals surface area contributed by atoms with Crippen LogP contribution < -0.4 is 10.2 Å². The summed E-state index contributed by atoms with van der Waals surface area (Å²) in [4.78, 5) is 60.1. The number of esters is 1. The van der Waals surface area contributed by atoms with Gasteiger partial charge in [0.05, 0.1) is 24.7 Å². The first-order chi connectivity index (χ1) is 24.4. The van der Waals surface area contributed by atoms with Gasteiger partial charge in [0, 0.05) is 38.9 Å². The number of ether oxygens (including phenoxy) is 3. The summed E-state index contributed by atoms with van der Waals surface area (Å²) in [6, 6.07) is 21.0. The van der Waals surface area contributed by atoms with Crippen molar-refractivity contribution in [1.29, 1.82) is 0 Å². The van der Waals surface area contributed by atoms with E-state index in [-0.39, 0.29) is 51.0 Å². The predicted octanol–water partition coefficient (Wildman–Crippen LogP) is 3.47. The molecule has 11 nitrogen and oxygen atoms in total. The molecule has 0 unspecified atom stereocenters. The molecule has 7 rings (SSSR count). The molecule has 2 saturated heterocycles. The fraction of sp³-hybridized carbons (Fsp3) is 0.385. The highest BCUT2D eigenvalue weighted by atomic mass is 16.6. The van der Waals surface area contributed by atoms with Crippen LogP contribution in [0.1, 0.15) is 30.9 Å². The van der Waals surface area contributed by atoms with Crippen molar-refractivity contribution >= 4 is 40.2 Å². The van der Waals surface area contributed by atoms with E-state index in [4.69, 9.17) is 14.2 Å². The van der Waals surface area contributed by atoms with E-state index in [1.165, 1.54) is 12.0 Å². The van der Waals surface area contributed by atoms with Crippen molar-refractivity contribution in [2.45, 2.75) is 49.2 Å². The lowest BCUT2D eigenvalue weighted by Crippen LogP contribution is -2.55. The van der Waals surface area contributed by atoms with Crippen molar-refractivity contribution in [1.82, 2.24) is 10.2 Å². The molecule has 4 heterocycles. The lowest BCUT2D eigenvalue weighted by Gasteiger charge is -2.35. The summed E-state index contributed by atoms with van der Waals surface area (Å²) < 4.78 is 18.6. The van der Waals surface area contributed by atoms with Crippen molar-refractivity contribution < 1.29 is 38.5 Å². The monoisotopic (exact) mass is 679 g/mol. The molecule has 0 radical (unpaired) electrons. The van der Waals surface area contributed by atoms with Crippen LogP contribution in [-0.4, -0.2) is 90.9 Å². The lowest BCUT2D eigenvalue weighted by atomic mass is 9.77. The quantitative estimate of drug-likeness (QED) is 0.287. The first-order valence-corrected chi connectivity index (χ1v) is 17.1. The Morgan fingerprint density at radius 2 is 1.74 bits per heavy atom. The minimum atomic E-state index is -1.49. The average molecular weight is 680 g/mol. The van der Waals surface area contributed by atoms with E-state index in [9.17, 15) is 24.3 Å². The molecule has 50 heavy (non-hydrogen) atoms. The van der Waals surface area contributed by atoms with Gasteiger partial charge in [-0.2, -0.15) is 0 Å². The topological polar surface area (TPSA) is 135 Å². The van der Waals surface area contributed by atoms with E-state index in [0.29, 0.717) is 17.7 Å². The fourth-order valence-electron chi connectivity index (χ4n) is 7.95. The molecular formula is C39H41N3O8. The van der Waals surface area contributed by atoms with Gasteiger partial charge in [0.1, 0.15) is 23.7 Å². The van der Waals surface area contributed by atoms with E-state index in [0.717, 1.165) is 10.8 Å². The highest BCUT2D eigenvalue weighted by Gasteiger charge is 2.71. The van der Waals surface area contributed by atoms with Crippen molar-refractivity contribution in [3.05, 3.63) is 103 Å². The number of aliphatic hydroxyl groups excluding tert-OH is 1. The SMILES string of the molecule is COC[C@H]1NC(=O)CC/C=C\[C@H]2O[C@]34C=CCN(c5ccc6ccccc6c5)C(=O)[C@H]3N(CCCO)C(=O)[C@@H]4[C@H]2C(=O)O[C@@H]1c1ccccc1. The van der Waals surface area contributed by atoms with E-state index in [2.05, 4.69) is 5.32 Å². The number of methoxy groups -OCH3 is 1. The zero-order chi connectivity index (χ0) is 34.8. The van der Waals surface area contributed by atoms with E-state index >= 15 is 0 Å². The second-order valence-electron chi connectivity index (χ2n) is 13.2. The number of nitrogens with one attached hydrogen (secondary N) is 1. The number of benzene rings is 3. The molecule has 3 amide bonds. The summed E-state index contributed by atoms with van der Waals surface area (Å²) in [5, 5.41) is 14.8. The van der Waals surface area contributed by atoms with Crippen LogP contribution >= 0.6 is 0 Å². The van der Waals surface area contributed by atoms with E-state index < -0.39 is 53.6 Å².